The van der Waals surface area contributed by atoms with Crippen molar-refractivity contribution < 1.29 is 41.4 Å². The van der Waals surface area contributed by atoms with Gasteiger partial charge in [-0.1, -0.05) is 6.07 Å². The standard InChI is InChI=1S/C20H18F5N3O4/c1-3-28(27-17(29)12-6-13(20(23,24)25)9-14(21)7-12)19(32)26-10(2)15-5-4-11(18(30)31)8-16(15)22/h4-10H,3H2,1-2H3,(H,26,32)(H,27,29)(H,30,31)/t10-/m1/s1. The predicted octanol–water partition coefficient (Wildman–Crippen LogP) is 4.12. The smallest absolute Gasteiger partial charge is 0.416 e. The number of rotatable bonds is 5. The molecule has 32 heavy (non-hydrogen) atoms. The Morgan fingerprint density at radius 2 is 1.72 bits per heavy atom. The van der Waals surface area contributed by atoms with Gasteiger partial charge >= 0.3 is 18.2 Å². The molecule has 0 radical (unpaired) electrons. The van der Waals surface area contributed by atoms with Crippen LogP contribution in [-0.4, -0.2) is 34.6 Å². The van der Waals surface area contributed by atoms with Crippen LogP contribution in [0.3, 0.4) is 0 Å². The first-order valence-corrected chi connectivity index (χ1v) is 9.13. The van der Waals surface area contributed by atoms with Crippen molar-refractivity contribution in [2.24, 2.45) is 0 Å². The maximum Gasteiger partial charge on any atom is 0.416 e. The number of carbonyl (C=O) groups is 3. The number of carboxylic acids is 1. The number of hydrogen-bond acceptors (Lipinski definition) is 3. The lowest BCUT2D eigenvalue weighted by molar-refractivity contribution is -0.137. The van der Waals surface area contributed by atoms with Crippen molar-refractivity contribution in [3.05, 3.63) is 70.3 Å². The normalized spacial score (nSPS) is 12.1. The summed E-state index contributed by atoms with van der Waals surface area (Å²) >= 11 is 0. The summed E-state index contributed by atoms with van der Waals surface area (Å²) < 4.78 is 66.2. The van der Waals surface area contributed by atoms with Crippen LogP contribution in [0.25, 0.3) is 0 Å². The molecular formula is C20H18F5N3O4. The first-order chi connectivity index (χ1) is 14.8. The lowest BCUT2D eigenvalue weighted by atomic mass is 10.1. The highest BCUT2D eigenvalue weighted by Gasteiger charge is 2.32. The van der Waals surface area contributed by atoms with Gasteiger partial charge in [0.15, 0.2) is 0 Å². The molecule has 0 aliphatic heterocycles. The highest BCUT2D eigenvalue weighted by atomic mass is 19.4. The minimum atomic E-state index is -4.88. The molecule has 0 aromatic heterocycles. The number of nitrogens with one attached hydrogen (secondary N) is 2. The van der Waals surface area contributed by atoms with Gasteiger partial charge in [0, 0.05) is 17.7 Å². The zero-order chi connectivity index (χ0) is 24.2. The van der Waals surface area contributed by atoms with E-state index >= 15 is 0 Å². The van der Waals surface area contributed by atoms with Crippen LogP contribution in [-0.2, 0) is 6.18 Å². The Balaban J connectivity index is 2.14. The van der Waals surface area contributed by atoms with E-state index in [1.165, 1.54) is 19.9 Å². The number of benzene rings is 2. The largest absolute Gasteiger partial charge is 0.478 e. The zero-order valence-electron chi connectivity index (χ0n) is 16.8. The van der Waals surface area contributed by atoms with Gasteiger partial charge in [-0.2, -0.15) is 13.2 Å². The van der Waals surface area contributed by atoms with Crippen molar-refractivity contribution >= 4 is 17.9 Å². The van der Waals surface area contributed by atoms with Gasteiger partial charge in [0.25, 0.3) is 5.91 Å². The average Bonchev–Trinajstić information content (AvgIpc) is 2.70. The van der Waals surface area contributed by atoms with Crippen molar-refractivity contribution in [2.45, 2.75) is 26.1 Å². The maximum atomic E-state index is 14.2. The highest BCUT2D eigenvalue weighted by molar-refractivity contribution is 5.95. The first kappa shape index (κ1) is 24.6. The summed E-state index contributed by atoms with van der Waals surface area (Å²) in [5.74, 6) is -4.68. The second-order valence-corrected chi connectivity index (χ2v) is 6.62. The number of alkyl halides is 3. The third-order valence-electron chi connectivity index (χ3n) is 4.34. The molecular weight excluding hydrogens is 441 g/mol. The number of carboxylic acid groups (broad SMARTS) is 1. The van der Waals surface area contributed by atoms with E-state index in [0.717, 1.165) is 12.1 Å². The van der Waals surface area contributed by atoms with E-state index in [-0.39, 0.29) is 23.7 Å². The quantitative estimate of drug-likeness (QED) is 0.463. The van der Waals surface area contributed by atoms with E-state index in [1.54, 1.807) is 0 Å². The molecule has 3 N–H and O–H groups in total. The van der Waals surface area contributed by atoms with E-state index in [2.05, 4.69) is 10.7 Å². The number of amides is 3. The fourth-order valence-corrected chi connectivity index (χ4v) is 2.70. The highest BCUT2D eigenvalue weighted by Crippen LogP contribution is 2.30. The molecule has 0 fully saturated rings. The van der Waals surface area contributed by atoms with Crippen molar-refractivity contribution in [1.82, 2.24) is 15.8 Å². The molecule has 0 unspecified atom stereocenters. The van der Waals surface area contributed by atoms with Gasteiger partial charge in [-0.05, 0) is 44.2 Å². The van der Waals surface area contributed by atoms with Gasteiger partial charge in [-0.3, -0.25) is 10.2 Å². The summed E-state index contributed by atoms with van der Waals surface area (Å²) in [6, 6.07) is 2.46. The van der Waals surface area contributed by atoms with Gasteiger partial charge < -0.3 is 10.4 Å². The SMILES string of the molecule is CCN(NC(=O)c1cc(F)cc(C(F)(F)F)c1)C(=O)N[C@H](C)c1ccc(C(=O)O)cc1F. The van der Waals surface area contributed by atoms with Gasteiger partial charge in [0.1, 0.15) is 11.6 Å². The van der Waals surface area contributed by atoms with Crippen LogP contribution in [0.4, 0.5) is 26.7 Å². The number of aromatic carboxylic acids is 1. The Morgan fingerprint density at radius 3 is 2.25 bits per heavy atom. The molecule has 7 nitrogen and oxygen atoms in total. The van der Waals surface area contributed by atoms with Crippen LogP contribution in [0.1, 0.15) is 51.7 Å². The fourth-order valence-electron chi connectivity index (χ4n) is 2.70. The second-order valence-electron chi connectivity index (χ2n) is 6.62. The molecule has 0 heterocycles. The molecule has 1 atom stereocenters. The number of carbonyl (C=O) groups excluding carboxylic acids is 2. The molecule has 3 amide bonds. The zero-order valence-corrected chi connectivity index (χ0v) is 16.8. The Hall–Kier alpha value is -3.70. The first-order valence-electron chi connectivity index (χ1n) is 9.13. The second kappa shape index (κ2) is 9.62. The third-order valence-corrected chi connectivity index (χ3v) is 4.34. The van der Waals surface area contributed by atoms with Crippen LogP contribution in [0.2, 0.25) is 0 Å². The molecule has 2 aromatic carbocycles. The number of hydrogen-bond donors (Lipinski definition) is 3. The van der Waals surface area contributed by atoms with E-state index in [0.29, 0.717) is 17.1 Å². The van der Waals surface area contributed by atoms with E-state index in [9.17, 15) is 36.3 Å². The summed E-state index contributed by atoms with van der Waals surface area (Å²) in [6.45, 7) is 2.71. The Labute approximate surface area is 178 Å². The molecule has 0 spiro atoms. The van der Waals surface area contributed by atoms with E-state index in [1.807, 2.05) is 0 Å². The van der Waals surface area contributed by atoms with Gasteiger partial charge in [0.05, 0.1) is 17.2 Å². The van der Waals surface area contributed by atoms with Crippen LogP contribution >= 0.6 is 0 Å². The minimum Gasteiger partial charge on any atom is -0.478 e. The molecule has 172 valence electrons. The average molecular weight is 459 g/mol. The van der Waals surface area contributed by atoms with Crippen LogP contribution in [0.15, 0.2) is 36.4 Å². The minimum absolute atomic E-state index is 0.0364. The molecule has 2 aromatic rings. The Kier molecular flexibility index (Phi) is 7.39. The van der Waals surface area contributed by atoms with Gasteiger partial charge in [-0.15, -0.1) is 0 Å². The topological polar surface area (TPSA) is 98.7 Å². The van der Waals surface area contributed by atoms with Crippen molar-refractivity contribution in [2.75, 3.05) is 6.54 Å². The predicted molar refractivity (Wildman–Crippen MR) is 102 cm³/mol. The van der Waals surface area contributed by atoms with E-state index in [4.69, 9.17) is 5.11 Å². The third kappa shape index (κ3) is 5.93. The summed E-state index contributed by atoms with van der Waals surface area (Å²) in [5.41, 5.74) is -0.298. The Morgan fingerprint density at radius 1 is 1.06 bits per heavy atom. The summed E-state index contributed by atoms with van der Waals surface area (Å²) in [4.78, 5) is 35.6. The molecule has 2 rings (SSSR count). The molecule has 0 bridgehead atoms. The van der Waals surface area contributed by atoms with Crippen molar-refractivity contribution in [1.29, 1.82) is 0 Å². The number of urea groups is 1. The number of hydrazine groups is 1. The van der Waals surface area contributed by atoms with Crippen LogP contribution in [0, 0.1) is 11.6 Å². The Bertz CT molecular complexity index is 1040. The lowest BCUT2D eigenvalue weighted by Gasteiger charge is -2.25. The molecule has 0 saturated heterocycles. The maximum absolute atomic E-state index is 14.2. The van der Waals surface area contributed by atoms with Crippen LogP contribution in [0.5, 0.6) is 0 Å². The van der Waals surface area contributed by atoms with Crippen molar-refractivity contribution in [3.8, 4) is 0 Å². The summed E-state index contributed by atoms with van der Waals surface area (Å²) in [5, 5.41) is 12.0. The molecule has 0 saturated carbocycles. The molecule has 0 aliphatic rings. The van der Waals surface area contributed by atoms with E-state index < -0.39 is 52.9 Å². The lowest BCUT2D eigenvalue weighted by Crippen LogP contribution is -2.51. The number of nitrogens with zero attached hydrogens (tertiary/aromatic N) is 1. The van der Waals surface area contributed by atoms with Crippen LogP contribution < -0.4 is 10.7 Å². The summed E-state index contributed by atoms with van der Waals surface area (Å²) in [7, 11) is 0. The number of halogens is 5. The molecule has 0 aliphatic carbocycles. The summed E-state index contributed by atoms with van der Waals surface area (Å²) in [6.07, 6.45) is -4.88. The molecule has 12 heteroatoms. The fraction of sp³-hybridized carbons (Fsp3) is 0.250. The van der Waals surface area contributed by atoms with Crippen molar-refractivity contribution in [3.63, 3.8) is 0 Å². The monoisotopic (exact) mass is 459 g/mol. The van der Waals surface area contributed by atoms with Gasteiger partial charge in [0.2, 0.25) is 0 Å². The van der Waals surface area contributed by atoms with Gasteiger partial charge in [-0.25, -0.2) is 23.4 Å².